The van der Waals surface area contributed by atoms with Crippen LogP contribution in [0.1, 0.15) is 55.7 Å². The van der Waals surface area contributed by atoms with Crippen molar-refractivity contribution in [2.45, 2.75) is 62.6 Å². The number of fused-ring (bicyclic) bond motifs is 2. The van der Waals surface area contributed by atoms with Crippen LogP contribution in [0, 0.1) is 5.92 Å². The normalized spacial score (nSPS) is 23.0. The summed E-state index contributed by atoms with van der Waals surface area (Å²) in [6.45, 7) is 6.33. The van der Waals surface area contributed by atoms with Crippen LogP contribution in [0.15, 0.2) is 49.6 Å². The molecule has 1 saturated carbocycles. The Kier molecular flexibility index (Phi) is 6.50. The first-order valence-electron chi connectivity index (χ1n) is 12.3. The second-order valence-electron chi connectivity index (χ2n) is 9.69. The number of hydrogen-bond donors (Lipinski definition) is 1. The molecular formula is C26H33N5O3. The van der Waals surface area contributed by atoms with Gasteiger partial charge >= 0.3 is 0 Å². The third-order valence-corrected chi connectivity index (χ3v) is 7.57. The molecule has 5 rings (SSSR count). The summed E-state index contributed by atoms with van der Waals surface area (Å²) in [7, 11) is 0. The van der Waals surface area contributed by atoms with E-state index in [0.717, 1.165) is 37.7 Å². The third kappa shape index (κ3) is 4.39. The highest BCUT2D eigenvalue weighted by molar-refractivity contribution is 5.81. The lowest BCUT2D eigenvalue weighted by Gasteiger charge is -2.44. The molecule has 1 aliphatic heterocycles. The van der Waals surface area contributed by atoms with Gasteiger partial charge in [0, 0.05) is 37.4 Å². The molecule has 0 radical (unpaired) electrons. The molecule has 3 aliphatic rings. The number of amides is 2. The Morgan fingerprint density at radius 2 is 2.03 bits per heavy atom. The number of nitrogens with one attached hydrogen (secondary N) is 1. The maximum Gasteiger partial charge on any atom is 0.223 e. The number of ether oxygens (including phenoxy) is 1. The van der Waals surface area contributed by atoms with Crippen molar-refractivity contribution in [1.82, 2.24) is 25.0 Å². The second kappa shape index (κ2) is 9.70. The van der Waals surface area contributed by atoms with E-state index < -0.39 is 0 Å². The molecule has 8 heteroatoms. The minimum atomic E-state index is -0.224. The average Bonchev–Trinajstić information content (AvgIpc) is 3.54. The highest BCUT2D eigenvalue weighted by atomic mass is 16.5. The molecule has 1 spiro atoms. The van der Waals surface area contributed by atoms with Gasteiger partial charge in [-0.05, 0) is 43.2 Å². The zero-order chi connectivity index (χ0) is 23.5. The van der Waals surface area contributed by atoms with Gasteiger partial charge in [0.1, 0.15) is 12.7 Å². The van der Waals surface area contributed by atoms with E-state index in [1.807, 2.05) is 11.0 Å². The minimum absolute atomic E-state index is 0.129. The Morgan fingerprint density at radius 1 is 1.24 bits per heavy atom. The SMILES string of the molecule is C=CCO[C@H]1[C@H](NC(=O)C2CC2)c2ccccc2C12CCN(C(=O)CCCn1cncn1)CC2. The van der Waals surface area contributed by atoms with Gasteiger partial charge in [0.2, 0.25) is 11.8 Å². The molecule has 1 aromatic carbocycles. The van der Waals surface area contributed by atoms with Gasteiger partial charge in [-0.15, -0.1) is 6.58 Å². The van der Waals surface area contributed by atoms with Crippen molar-refractivity contribution in [1.29, 1.82) is 0 Å². The van der Waals surface area contributed by atoms with E-state index in [4.69, 9.17) is 4.74 Å². The summed E-state index contributed by atoms with van der Waals surface area (Å²) in [5.74, 6) is 0.452. The van der Waals surface area contributed by atoms with Crippen LogP contribution in [-0.4, -0.2) is 57.3 Å². The lowest BCUT2D eigenvalue weighted by atomic mass is 9.71. The Labute approximate surface area is 200 Å². The number of carbonyl (C=O) groups excluding carboxylic acids is 2. The van der Waals surface area contributed by atoms with Crippen molar-refractivity contribution < 1.29 is 14.3 Å². The molecule has 0 unspecified atom stereocenters. The number of carbonyl (C=O) groups is 2. The summed E-state index contributed by atoms with van der Waals surface area (Å²) in [5.41, 5.74) is 2.18. The van der Waals surface area contributed by atoms with Crippen molar-refractivity contribution in [3.63, 3.8) is 0 Å². The number of nitrogens with zero attached hydrogens (tertiary/aromatic N) is 4. The predicted molar refractivity (Wildman–Crippen MR) is 127 cm³/mol. The summed E-state index contributed by atoms with van der Waals surface area (Å²) in [6.07, 6.45) is 9.60. The second-order valence-corrected chi connectivity index (χ2v) is 9.69. The number of likely N-dealkylation sites (tertiary alicyclic amines) is 1. The average molecular weight is 464 g/mol. The van der Waals surface area contributed by atoms with Crippen LogP contribution < -0.4 is 5.32 Å². The van der Waals surface area contributed by atoms with Crippen molar-refractivity contribution in [3.8, 4) is 0 Å². The standard InChI is InChI=1S/C26H33N5O3/c1-2-16-34-24-23(29-25(33)19-9-10-19)20-6-3-4-7-21(20)26(24)11-14-30(15-12-26)22(32)8-5-13-31-18-27-17-28-31/h2-4,6-7,17-19,23-24H,1,5,8-16H2,(H,29,33)/t23-,24+/m1/s1. The fourth-order valence-electron chi connectivity index (χ4n) is 5.66. The first kappa shape index (κ1) is 22.8. The fraction of sp³-hybridized carbons (Fsp3) is 0.538. The highest BCUT2D eigenvalue weighted by Crippen LogP contribution is 2.52. The van der Waals surface area contributed by atoms with Gasteiger partial charge in [0.05, 0.1) is 18.8 Å². The number of benzene rings is 1. The van der Waals surface area contributed by atoms with Crippen molar-refractivity contribution >= 4 is 11.8 Å². The topological polar surface area (TPSA) is 89.4 Å². The van der Waals surface area contributed by atoms with Crippen LogP contribution >= 0.6 is 0 Å². The molecule has 2 aliphatic carbocycles. The molecular weight excluding hydrogens is 430 g/mol. The molecule has 2 fully saturated rings. The van der Waals surface area contributed by atoms with Crippen LogP contribution in [0.5, 0.6) is 0 Å². The van der Waals surface area contributed by atoms with Crippen LogP contribution in [0.4, 0.5) is 0 Å². The fourth-order valence-corrected chi connectivity index (χ4v) is 5.66. The first-order valence-corrected chi connectivity index (χ1v) is 12.3. The molecule has 2 aromatic rings. The van der Waals surface area contributed by atoms with E-state index in [1.54, 1.807) is 17.1 Å². The number of aryl methyl sites for hydroxylation is 1. The van der Waals surface area contributed by atoms with Gasteiger partial charge in [-0.25, -0.2) is 4.98 Å². The van der Waals surface area contributed by atoms with Crippen molar-refractivity contribution in [2.75, 3.05) is 19.7 Å². The molecule has 2 heterocycles. The lowest BCUT2D eigenvalue weighted by molar-refractivity contribution is -0.134. The van der Waals surface area contributed by atoms with E-state index in [-0.39, 0.29) is 35.3 Å². The van der Waals surface area contributed by atoms with Crippen LogP contribution in [0.2, 0.25) is 0 Å². The quantitative estimate of drug-likeness (QED) is 0.578. The molecule has 34 heavy (non-hydrogen) atoms. The molecule has 8 nitrogen and oxygen atoms in total. The van der Waals surface area contributed by atoms with E-state index >= 15 is 0 Å². The smallest absolute Gasteiger partial charge is 0.223 e. The van der Waals surface area contributed by atoms with Crippen molar-refractivity contribution in [3.05, 3.63) is 60.7 Å². The predicted octanol–water partition coefficient (Wildman–Crippen LogP) is 2.77. The van der Waals surface area contributed by atoms with Crippen LogP contribution in [-0.2, 0) is 26.3 Å². The molecule has 2 amide bonds. The largest absolute Gasteiger partial charge is 0.371 e. The monoisotopic (exact) mass is 463 g/mol. The summed E-state index contributed by atoms with van der Waals surface area (Å²) >= 11 is 0. The first-order chi connectivity index (χ1) is 16.6. The minimum Gasteiger partial charge on any atom is -0.371 e. The zero-order valence-electron chi connectivity index (χ0n) is 19.6. The van der Waals surface area contributed by atoms with Crippen LogP contribution in [0.3, 0.4) is 0 Å². The molecule has 180 valence electrons. The van der Waals surface area contributed by atoms with E-state index in [2.05, 4.69) is 40.2 Å². The molecule has 2 atom stereocenters. The van der Waals surface area contributed by atoms with Gasteiger partial charge in [0.15, 0.2) is 0 Å². The Morgan fingerprint density at radius 3 is 2.74 bits per heavy atom. The number of rotatable bonds is 9. The lowest BCUT2D eigenvalue weighted by Crippen LogP contribution is -2.52. The Balaban J connectivity index is 1.30. The maximum absolute atomic E-state index is 12.9. The number of aromatic nitrogens is 3. The number of hydrogen-bond acceptors (Lipinski definition) is 5. The van der Waals surface area contributed by atoms with E-state index in [0.29, 0.717) is 32.7 Å². The third-order valence-electron chi connectivity index (χ3n) is 7.57. The van der Waals surface area contributed by atoms with Crippen molar-refractivity contribution in [2.24, 2.45) is 5.92 Å². The Bertz CT molecular complexity index is 1020. The Hall–Kier alpha value is -3.00. The number of piperidine rings is 1. The zero-order valence-corrected chi connectivity index (χ0v) is 19.6. The summed E-state index contributed by atoms with van der Waals surface area (Å²) < 4.78 is 8.15. The van der Waals surface area contributed by atoms with Crippen LogP contribution in [0.25, 0.3) is 0 Å². The molecule has 1 saturated heterocycles. The maximum atomic E-state index is 12.9. The van der Waals surface area contributed by atoms with E-state index in [9.17, 15) is 9.59 Å². The van der Waals surface area contributed by atoms with Gasteiger partial charge < -0.3 is 15.0 Å². The van der Waals surface area contributed by atoms with Gasteiger partial charge in [-0.3, -0.25) is 14.3 Å². The summed E-state index contributed by atoms with van der Waals surface area (Å²) in [6, 6.07) is 8.23. The summed E-state index contributed by atoms with van der Waals surface area (Å²) in [4.78, 5) is 31.6. The highest BCUT2D eigenvalue weighted by Gasteiger charge is 2.55. The molecule has 1 aromatic heterocycles. The van der Waals surface area contributed by atoms with Gasteiger partial charge in [-0.2, -0.15) is 5.10 Å². The summed E-state index contributed by atoms with van der Waals surface area (Å²) in [5, 5.41) is 7.41. The molecule has 0 bridgehead atoms. The molecule has 1 N–H and O–H groups in total. The van der Waals surface area contributed by atoms with Gasteiger partial charge in [0.25, 0.3) is 0 Å². The van der Waals surface area contributed by atoms with E-state index in [1.165, 1.54) is 11.9 Å². The van der Waals surface area contributed by atoms with Gasteiger partial charge in [-0.1, -0.05) is 30.3 Å².